The van der Waals surface area contributed by atoms with Gasteiger partial charge in [0.2, 0.25) is 5.16 Å². The van der Waals surface area contributed by atoms with E-state index >= 15 is 0 Å². The number of tetrazole rings is 1. The van der Waals surface area contributed by atoms with Crippen LogP contribution in [-0.2, 0) is 17.8 Å². The SMILES string of the molecule is Clc1ccccc1CN1CCO[C@@H](CSc2nnnn2Cc2ccccc2)C1. The highest BCUT2D eigenvalue weighted by molar-refractivity contribution is 7.99. The van der Waals surface area contributed by atoms with E-state index in [4.69, 9.17) is 16.3 Å². The molecular formula is C20H22ClN5OS. The molecule has 2 aromatic carbocycles. The van der Waals surface area contributed by atoms with Gasteiger partial charge in [0.25, 0.3) is 0 Å². The number of ether oxygens (including phenoxy) is 1. The molecule has 4 rings (SSSR count). The largest absolute Gasteiger partial charge is 0.375 e. The van der Waals surface area contributed by atoms with Crippen LogP contribution in [0.2, 0.25) is 5.02 Å². The van der Waals surface area contributed by atoms with E-state index in [1.165, 1.54) is 5.56 Å². The van der Waals surface area contributed by atoms with Gasteiger partial charge in [-0.2, -0.15) is 0 Å². The molecule has 0 N–H and O–H groups in total. The lowest BCUT2D eigenvalue weighted by molar-refractivity contribution is -0.0187. The highest BCUT2D eigenvalue weighted by atomic mass is 35.5. The van der Waals surface area contributed by atoms with Crippen LogP contribution in [0.15, 0.2) is 59.8 Å². The van der Waals surface area contributed by atoms with Crippen molar-refractivity contribution in [1.82, 2.24) is 25.1 Å². The van der Waals surface area contributed by atoms with Crippen molar-refractivity contribution in [1.29, 1.82) is 0 Å². The topological polar surface area (TPSA) is 56.1 Å². The molecule has 1 saturated heterocycles. The molecule has 8 heteroatoms. The normalized spacial score (nSPS) is 17.7. The maximum Gasteiger partial charge on any atom is 0.209 e. The summed E-state index contributed by atoms with van der Waals surface area (Å²) in [7, 11) is 0. The van der Waals surface area contributed by atoms with Gasteiger partial charge in [-0.25, -0.2) is 4.68 Å². The first-order valence-corrected chi connectivity index (χ1v) is 10.6. The van der Waals surface area contributed by atoms with E-state index in [0.29, 0.717) is 6.54 Å². The van der Waals surface area contributed by atoms with Gasteiger partial charge in [0.15, 0.2) is 0 Å². The van der Waals surface area contributed by atoms with Gasteiger partial charge in [0.05, 0.1) is 19.3 Å². The summed E-state index contributed by atoms with van der Waals surface area (Å²) < 4.78 is 7.80. The molecule has 6 nitrogen and oxygen atoms in total. The Hall–Kier alpha value is -1.93. The second-order valence-electron chi connectivity index (χ2n) is 6.74. The van der Waals surface area contributed by atoms with Crippen LogP contribution in [0.25, 0.3) is 0 Å². The summed E-state index contributed by atoms with van der Waals surface area (Å²) in [5.41, 5.74) is 2.33. The molecular weight excluding hydrogens is 394 g/mol. The minimum atomic E-state index is 0.142. The van der Waals surface area contributed by atoms with Crippen molar-refractivity contribution in [3.8, 4) is 0 Å². The molecule has 0 aliphatic carbocycles. The van der Waals surface area contributed by atoms with Crippen LogP contribution in [0, 0.1) is 0 Å². The molecule has 2 heterocycles. The summed E-state index contributed by atoms with van der Waals surface area (Å²) in [6, 6.07) is 18.2. The number of morpholine rings is 1. The lowest BCUT2D eigenvalue weighted by Crippen LogP contribution is -2.43. The molecule has 0 amide bonds. The monoisotopic (exact) mass is 415 g/mol. The lowest BCUT2D eigenvalue weighted by atomic mass is 10.2. The first-order valence-electron chi connectivity index (χ1n) is 9.28. The first-order chi connectivity index (χ1) is 13.8. The van der Waals surface area contributed by atoms with Gasteiger partial charge in [0.1, 0.15) is 0 Å². The van der Waals surface area contributed by atoms with Crippen molar-refractivity contribution in [3.05, 3.63) is 70.7 Å². The van der Waals surface area contributed by atoms with Crippen molar-refractivity contribution < 1.29 is 4.74 Å². The van der Waals surface area contributed by atoms with E-state index < -0.39 is 0 Å². The molecule has 1 aliphatic heterocycles. The Morgan fingerprint density at radius 1 is 1.07 bits per heavy atom. The second kappa shape index (κ2) is 9.52. The minimum Gasteiger partial charge on any atom is -0.375 e. The summed E-state index contributed by atoms with van der Waals surface area (Å²) in [6.07, 6.45) is 0.142. The van der Waals surface area contributed by atoms with Crippen LogP contribution in [0.5, 0.6) is 0 Å². The van der Waals surface area contributed by atoms with Crippen LogP contribution in [0.1, 0.15) is 11.1 Å². The number of aromatic nitrogens is 4. The molecule has 1 atom stereocenters. The van der Waals surface area contributed by atoms with Gasteiger partial charge in [-0.3, -0.25) is 4.90 Å². The van der Waals surface area contributed by atoms with E-state index in [2.05, 4.69) is 38.6 Å². The zero-order valence-corrected chi connectivity index (χ0v) is 17.0. The summed E-state index contributed by atoms with van der Waals surface area (Å²) in [5, 5.41) is 13.8. The number of hydrogen-bond acceptors (Lipinski definition) is 6. The van der Waals surface area contributed by atoms with Gasteiger partial charge >= 0.3 is 0 Å². The number of nitrogens with zero attached hydrogens (tertiary/aromatic N) is 5. The zero-order chi connectivity index (χ0) is 19.2. The predicted octanol–water partition coefficient (Wildman–Crippen LogP) is 3.37. The van der Waals surface area contributed by atoms with Gasteiger partial charge in [-0.15, -0.1) is 5.10 Å². The van der Waals surface area contributed by atoms with Crippen LogP contribution < -0.4 is 0 Å². The molecule has 1 fully saturated rings. The summed E-state index contributed by atoms with van der Waals surface area (Å²) in [6.45, 7) is 4.03. The van der Waals surface area contributed by atoms with Crippen LogP contribution in [0.4, 0.5) is 0 Å². The molecule has 0 radical (unpaired) electrons. The molecule has 1 aliphatic rings. The maximum atomic E-state index is 6.31. The third kappa shape index (κ3) is 5.11. The molecule has 28 heavy (non-hydrogen) atoms. The van der Waals surface area contributed by atoms with Crippen LogP contribution >= 0.6 is 23.4 Å². The summed E-state index contributed by atoms with van der Waals surface area (Å²) >= 11 is 7.95. The summed E-state index contributed by atoms with van der Waals surface area (Å²) in [4.78, 5) is 2.39. The minimum absolute atomic E-state index is 0.142. The van der Waals surface area contributed by atoms with Crippen molar-refractivity contribution in [2.45, 2.75) is 24.3 Å². The standard InChI is InChI=1S/C20H22ClN5OS/c21-19-9-5-4-8-17(19)13-25-10-11-27-18(14-25)15-28-20-22-23-24-26(20)12-16-6-2-1-3-7-16/h1-9,18H,10-15H2/t18-/m1/s1. The van der Waals surface area contributed by atoms with Crippen molar-refractivity contribution in [2.75, 3.05) is 25.4 Å². The molecule has 1 aromatic heterocycles. The molecule has 0 saturated carbocycles. The molecule has 0 unspecified atom stereocenters. The fraction of sp³-hybridized carbons (Fsp3) is 0.350. The van der Waals surface area contributed by atoms with E-state index in [0.717, 1.165) is 47.7 Å². The Bertz CT molecular complexity index is 891. The van der Waals surface area contributed by atoms with Crippen LogP contribution in [-0.4, -0.2) is 56.7 Å². The molecule has 3 aromatic rings. The maximum absolute atomic E-state index is 6.31. The van der Waals surface area contributed by atoms with E-state index in [1.54, 1.807) is 11.8 Å². The average molecular weight is 416 g/mol. The Kier molecular flexibility index (Phi) is 6.59. The smallest absolute Gasteiger partial charge is 0.209 e. The Balaban J connectivity index is 1.32. The van der Waals surface area contributed by atoms with Gasteiger partial charge in [-0.1, -0.05) is 71.9 Å². The van der Waals surface area contributed by atoms with Crippen molar-refractivity contribution in [2.24, 2.45) is 0 Å². The first kappa shape index (κ1) is 19.4. The van der Waals surface area contributed by atoms with Crippen molar-refractivity contribution >= 4 is 23.4 Å². The number of hydrogen-bond donors (Lipinski definition) is 0. The highest BCUT2D eigenvalue weighted by Gasteiger charge is 2.22. The Morgan fingerprint density at radius 3 is 2.75 bits per heavy atom. The summed E-state index contributed by atoms with van der Waals surface area (Å²) in [5.74, 6) is 0.814. The van der Waals surface area contributed by atoms with Gasteiger partial charge < -0.3 is 4.74 Å². The quantitative estimate of drug-likeness (QED) is 0.551. The third-order valence-electron chi connectivity index (χ3n) is 4.65. The van der Waals surface area contributed by atoms with Gasteiger partial charge in [-0.05, 0) is 27.6 Å². The Labute approximate surface area is 173 Å². The van der Waals surface area contributed by atoms with E-state index in [-0.39, 0.29) is 6.10 Å². The van der Waals surface area contributed by atoms with E-state index in [1.807, 2.05) is 41.1 Å². The average Bonchev–Trinajstić information content (AvgIpc) is 3.16. The van der Waals surface area contributed by atoms with Gasteiger partial charge in [0, 0.05) is 30.4 Å². The second-order valence-corrected chi connectivity index (χ2v) is 8.13. The number of rotatable bonds is 7. The van der Waals surface area contributed by atoms with Crippen LogP contribution in [0.3, 0.4) is 0 Å². The number of halogens is 1. The fourth-order valence-corrected chi connectivity index (χ4v) is 4.29. The molecule has 0 bridgehead atoms. The third-order valence-corrected chi connectivity index (χ3v) is 6.11. The zero-order valence-electron chi connectivity index (χ0n) is 15.4. The van der Waals surface area contributed by atoms with Crippen molar-refractivity contribution in [3.63, 3.8) is 0 Å². The fourth-order valence-electron chi connectivity index (χ4n) is 3.22. The number of benzene rings is 2. The Morgan fingerprint density at radius 2 is 1.89 bits per heavy atom. The van der Waals surface area contributed by atoms with E-state index in [9.17, 15) is 0 Å². The molecule has 146 valence electrons. The molecule has 0 spiro atoms. The lowest BCUT2D eigenvalue weighted by Gasteiger charge is -2.32. The highest BCUT2D eigenvalue weighted by Crippen LogP contribution is 2.22. The predicted molar refractivity (Wildman–Crippen MR) is 111 cm³/mol. The number of thioether (sulfide) groups is 1.